The van der Waals surface area contributed by atoms with Crippen LogP contribution in [-0.2, 0) is 14.8 Å². The zero-order valence-electron chi connectivity index (χ0n) is 12.2. The minimum atomic E-state index is -3.60. The summed E-state index contributed by atoms with van der Waals surface area (Å²) >= 11 is 6.91. The summed E-state index contributed by atoms with van der Waals surface area (Å²) in [6.07, 6.45) is 0. The highest BCUT2D eigenvalue weighted by atomic mass is 35.5. The van der Waals surface area contributed by atoms with Crippen molar-refractivity contribution >= 4 is 38.9 Å². The molecule has 9 heteroatoms. The number of nitrogens with zero attached hydrogens (tertiary/aromatic N) is 2. The van der Waals surface area contributed by atoms with E-state index in [1.54, 1.807) is 6.07 Å². The molecule has 1 aromatic rings. The van der Waals surface area contributed by atoms with Crippen molar-refractivity contribution in [3.63, 3.8) is 0 Å². The Bertz CT molecular complexity index is 676. The number of amides is 1. The molecular formula is C13H18ClN3O3S2. The lowest BCUT2D eigenvalue weighted by Gasteiger charge is -2.31. The lowest BCUT2D eigenvalue weighted by Crippen LogP contribution is -2.48. The number of hydrogen-bond donors (Lipinski definition) is 1. The lowest BCUT2D eigenvalue weighted by molar-refractivity contribution is -0.124. The maximum Gasteiger partial charge on any atom is 0.252 e. The van der Waals surface area contributed by atoms with Crippen molar-refractivity contribution in [3.05, 3.63) is 16.5 Å². The molecule has 6 nitrogen and oxygen atoms in total. The fourth-order valence-electron chi connectivity index (χ4n) is 2.97. The van der Waals surface area contributed by atoms with E-state index in [0.29, 0.717) is 24.0 Å². The van der Waals surface area contributed by atoms with E-state index in [1.807, 2.05) is 6.92 Å². The Morgan fingerprint density at radius 3 is 2.73 bits per heavy atom. The zero-order chi connectivity index (χ0) is 15.9. The molecule has 22 heavy (non-hydrogen) atoms. The summed E-state index contributed by atoms with van der Waals surface area (Å²) in [5.41, 5.74) is 0. The number of carbonyl (C=O) groups is 1. The number of nitrogens with one attached hydrogen (secondary N) is 1. The van der Waals surface area contributed by atoms with E-state index in [9.17, 15) is 13.2 Å². The van der Waals surface area contributed by atoms with Gasteiger partial charge in [0.15, 0.2) is 0 Å². The van der Waals surface area contributed by atoms with Crippen LogP contribution in [0.2, 0.25) is 4.34 Å². The van der Waals surface area contributed by atoms with Gasteiger partial charge in [-0.1, -0.05) is 18.5 Å². The Morgan fingerprint density at radius 1 is 1.32 bits per heavy atom. The quantitative estimate of drug-likeness (QED) is 0.864. The smallest absolute Gasteiger partial charge is 0.252 e. The summed E-state index contributed by atoms with van der Waals surface area (Å²) in [4.78, 5) is 14.4. The Morgan fingerprint density at radius 2 is 2.09 bits per heavy atom. The number of likely N-dealkylation sites (N-methyl/N-ethyl adjacent to an activating group) is 1. The van der Waals surface area contributed by atoms with E-state index in [0.717, 1.165) is 17.9 Å². The molecule has 0 saturated carbocycles. The summed E-state index contributed by atoms with van der Waals surface area (Å²) in [7, 11) is -3.60. The highest BCUT2D eigenvalue weighted by Crippen LogP contribution is 2.30. The van der Waals surface area contributed by atoms with Gasteiger partial charge in [0.05, 0.1) is 16.3 Å². The first-order valence-corrected chi connectivity index (χ1v) is 9.82. The van der Waals surface area contributed by atoms with E-state index in [2.05, 4.69) is 10.2 Å². The minimum Gasteiger partial charge on any atom is -0.350 e. The molecule has 1 aromatic heterocycles. The number of rotatable bonds is 3. The van der Waals surface area contributed by atoms with Crippen molar-refractivity contribution in [3.8, 4) is 0 Å². The second-order valence-electron chi connectivity index (χ2n) is 5.64. The fourth-order valence-corrected chi connectivity index (χ4v) is 6.14. The van der Waals surface area contributed by atoms with Crippen LogP contribution in [0.1, 0.15) is 6.92 Å². The third-order valence-electron chi connectivity index (χ3n) is 4.11. The zero-order valence-corrected chi connectivity index (χ0v) is 14.5. The van der Waals surface area contributed by atoms with E-state index >= 15 is 0 Å². The predicted octanol–water partition coefficient (Wildman–Crippen LogP) is 0.842. The van der Waals surface area contributed by atoms with E-state index < -0.39 is 10.0 Å². The summed E-state index contributed by atoms with van der Waals surface area (Å²) in [6.45, 7) is 4.70. The molecule has 0 spiro atoms. The average Bonchev–Trinajstić information content (AvgIpc) is 2.74. The van der Waals surface area contributed by atoms with Gasteiger partial charge in [0.2, 0.25) is 5.91 Å². The molecule has 2 fully saturated rings. The molecular weight excluding hydrogens is 346 g/mol. The van der Waals surface area contributed by atoms with Crippen LogP contribution in [0.5, 0.6) is 0 Å². The SMILES string of the molecule is CCN1C[C@H]2CN(S(=O)(=O)c3ccc(Cl)s3)C[C@@H](C1)C(=O)N2. The number of hydrogen-bond acceptors (Lipinski definition) is 5. The number of carbonyl (C=O) groups excluding carboxylic acids is 1. The lowest BCUT2D eigenvalue weighted by atomic mass is 10.1. The molecule has 2 atom stereocenters. The molecule has 0 unspecified atom stereocenters. The van der Waals surface area contributed by atoms with Gasteiger partial charge in [-0.2, -0.15) is 4.31 Å². The van der Waals surface area contributed by atoms with Crippen LogP contribution in [-0.4, -0.2) is 62.3 Å². The van der Waals surface area contributed by atoms with Crippen LogP contribution < -0.4 is 5.32 Å². The van der Waals surface area contributed by atoms with Gasteiger partial charge >= 0.3 is 0 Å². The molecule has 2 aliphatic rings. The topological polar surface area (TPSA) is 69.7 Å². The minimum absolute atomic E-state index is 0.0529. The van der Waals surface area contributed by atoms with Gasteiger partial charge in [-0.15, -0.1) is 11.3 Å². The fraction of sp³-hybridized carbons (Fsp3) is 0.615. The Balaban J connectivity index is 1.89. The number of thiophene rings is 1. The number of halogens is 1. The third kappa shape index (κ3) is 3.03. The highest BCUT2D eigenvalue weighted by Gasteiger charge is 2.40. The molecule has 0 aliphatic carbocycles. The van der Waals surface area contributed by atoms with Gasteiger partial charge in [-0.05, 0) is 18.7 Å². The molecule has 2 aliphatic heterocycles. The molecule has 0 aromatic carbocycles. The summed E-state index contributed by atoms with van der Waals surface area (Å²) in [6, 6.07) is 2.93. The van der Waals surface area contributed by atoms with Crippen LogP contribution >= 0.6 is 22.9 Å². The highest BCUT2D eigenvalue weighted by molar-refractivity contribution is 7.91. The molecule has 1 amide bonds. The van der Waals surface area contributed by atoms with Gasteiger partial charge in [0, 0.05) is 26.2 Å². The Labute approximate surface area is 139 Å². The van der Waals surface area contributed by atoms with Crippen molar-refractivity contribution in [1.82, 2.24) is 14.5 Å². The maximum atomic E-state index is 12.8. The predicted molar refractivity (Wildman–Crippen MR) is 85.6 cm³/mol. The van der Waals surface area contributed by atoms with Crippen LogP contribution in [0.25, 0.3) is 0 Å². The monoisotopic (exact) mass is 363 g/mol. The Kier molecular flexibility index (Phi) is 4.48. The molecule has 122 valence electrons. The van der Waals surface area contributed by atoms with Crippen molar-refractivity contribution in [2.75, 3.05) is 32.7 Å². The molecule has 3 rings (SSSR count). The molecule has 3 heterocycles. The van der Waals surface area contributed by atoms with Gasteiger partial charge in [-0.25, -0.2) is 8.42 Å². The molecule has 0 radical (unpaired) electrons. The van der Waals surface area contributed by atoms with Crippen molar-refractivity contribution in [2.45, 2.75) is 17.2 Å². The van der Waals surface area contributed by atoms with Crippen LogP contribution in [0.3, 0.4) is 0 Å². The number of fused-ring (bicyclic) bond motifs is 3. The van der Waals surface area contributed by atoms with Crippen molar-refractivity contribution in [1.29, 1.82) is 0 Å². The van der Waals surface area contributed by atoms with Gasteiger partial charge < -0.3 is 10.2 Å². The summed E-state index contributed by atoms with van der Waals surface area (Å²) in [5, 5.41) is 2.95. The second-order valence-corrected chi connectivity index (χ2v) is 9.52. The van der Waals surface area contributed by atoms with Crippen molar-refractivity contribution in [2.24, 2.45) is 5.92 Å². The molecule has 1 N–H and O–H groups in total. The van der Waals surface area contributed by atoms with Crippen LogP contribution in [0.15, 0.2) is 16.3 Å². The summed E-state index contributed by atoms with van der Waals surface area (Å²) in [5.74, 6) is -0.388. The average molecular weight is 364 g/mol. The summed E-state index contributed by atoms with van der Waals surface area (Å²) < 4.78 is 27.6. The second kappa shape index (κ2) is 6.09. The van der Waals surface area contributed by atoms with E-state index in [-0.39, 0.29) is 28.6 Å². The van der Waals surface area contributed by atoms with Crippen molar-refractivity contribution < 1.29 is 13.2 Å². The van der Waals surface area contributed by atoms with Gasteiger partial charge in [-0.3, -0.25) is 4.79 Å². The molecule has 2 bridgehead atoms. The van der Waals surface area contributed by atoms with Crippen LogP contribution in [0.4, 0.5) is 0 Å². The third-order valence-corrected chi connectivity index (χ3v) is 7.64. The first-order valence-electron chi connectivity index (χ1n) is 7.18. The van der Waals surface area contributed by atoms with Crippen LogP contribution in [0, 0.1) is 5.92 Å². The molecule has 2 saturated heterocycles. The standard InChI is InChI=1S/C13H18ClN3O3S2/c1-2-16-5-9-6-17(8-10(7-16)15-13(9)18)22(19,20)12-4-3-11(14)21-12/h3-4,9-10H,2,5-8H2,1H3,(H,15,18)/t9-,10+/m1/s1. The normalized spacial score (nSPS) is 27.5. The van der Waals surface area contributed by atoms with E-state index in [1.165, 1.54) is 10.4 Å². The van der Waals surface area contributed by atoms with Gasteiger partial charge in [0.25, 0.3) is 10.0 Å². The first-order chi connectivity index (χ1) is 10.4. The first kappa shape index (κ1) is 16.2. The van der Waals surface area contributed by atoms with Gasteiger partial charge in [0.1, 0.15) is 4.21 Å². The number of sulfonamides is 1. The maximum absolute atomic E-state index is 12.8. The van der Waals surface area contributed by atoms with E-state index in [4.69, 9.17) is 11.6 Å². The Hall–Kier alpha value is -0.670. The largest absolute Gasteiger partial charge is 0.350 e.